The fourth-order valence-electron chi connectivity index (χ4n) is 3.37. The molecule has 30 heavy (non-hydrogen) atoms. The Morgan fingerprint density at radius 1 is 1.07 bits per heavy atom. The van der Waals surface area contributed by atoms with Gasteiger partial charge in [0.15, 0.2) is 6.61 Å². The summed E-state index contributed by atoms with van der Waals surface area (Å²) in [6.07, 6.45) is 0. The van der Waals surface area contributed by atoms with Gasteiger partial charge in [-0.3, -0.25) is 4.79 Å². The van der Waals surface area contributed by atoms with E-state index in [1.807, 2.05) is 54.3 Å². The molecule has 2 heterocycles. The summed E-state index contributed by atoms with van der Waals surface area (Å²) in [6, 6.07) is 18.0. The molecule has 1 amide bonds. The number of aromatic nitrogens is 2. The molecule has 4 rings (SSSR count). The third kappa shape index (κ3) is 4.88. The summed E-state index contributed by atoms with van der Waals surface area (Å²) >= 11 is 5.22. The number of hydrogen-bond donors (Lipinski definition) is 0. The smallest absolute Gasteiger partial charge is 0.287 e. The molecule has 0 N–H and O–H groups in total. The van der Waals surface area contributed by atoms with E-state index in [2.05, 4.69) is 22.1 Å². The maximum absolute atomic E-state index is 12.7. The number of ether oxygens (including phenoxy) is 1. The number of piperazine rings is 1. The molecule has 0 radical (unpaired) electrons. The zero-order valence-corrected chi connectivity index (χ0v) is 17.7. The fourth-order valence-corrected chi connectivity index (χ4v) is 3.57. The van der Waals surface area contributed by atoms with Crippen molar-refractivity contribution in [3.63, 3.8) is 0 Å². The lowest BCUT2D eigenvalue weighted by Crippen LogP contribution is -2.49. The molecule has 2 aromatic carbocycles. The third-order valence-electron chi connectivity index (χ3n) is 5.07. The minimum Gasteiger partial charge on any atom is -0.484 e. The van der Waals surface area contributed by atoms with Crippen molar-refractivity contribution in [2.75, 3.05) is 31.1 Å². The largest absolute Gasteiger partial charge is 0.484 e. The standard InChI is InChI=1S/C22H24N4O3S/c1-17-7-9-19(10-8-17)28-16-20-23-26(22(30)29-20)15-21(27)25-13-11-24(12-14-25)18-5-3-2-4-6-18/h2-10H,11-16H2,1H3. The van der Waals surface area contributed by atoms with Crippen LogP contribution in [0.5, 0.6) is 5.75 Å². The normalized spacial score (nSPS) is 14.0. The Morgan fingerprint density at radius 2 is 1.77 bits per heavy atom. The van der Waals surface area contributed by atoms with Crippen molar-refractivity contribution in [2.24, 2.45) is 0 Å². The topological polar surface area (TPSA) is 63.7 Å². The van der Waals surface area contributed by atoms with Gasteiger partial charge in [0, 0.05) is 31.9 Å². The number of carbonyl (C=O) groups excluding carboxylic acids is 1. The predicted octanol–water partition coefficient (Wildman–Crippen LogP) is 3.44. The summed E-state index contributed by atoms with van der Waals surface area (Å²) in [6.45, 7) is 5.18. The highest BCUT2D eigenvalue weighted by Gasteiger charge is 2.22. The quantitative estimate of drug-likeness (QED) is 0.565. The number of aryl methyl sites for hydroxylation is 1. The van der Waals surface area contributed by atoms with E-state index in [9.17, 15) is 4.79 Å². The van der Waals surface area contributed by atoms with E-state index in [0.29, 0.717) is 19.0 Å². The first kappa shape index (κ1) is 20.2. The van der Waals surface area contributed by atoms with E-state index in [4.69, 9.17) is 21.4 Å². The van der Waals surface area contributed by atoms with Gasteiger partial charge in [0.2, 0.25) is 5.91 Å². The van der Waals surface area contributed by atoms with Crippen LogP contribution in [0, 0.1) is 11.8 Å². The molecular formula is C22H24N4O3S. The molecule has 7 nitrogen and oxygen atoms in total. The maximum Gasteiger partial charge on any atom is 0.287 e. The van der Waals surface area contributed by atoms with E-state index >= 15 is 0 Å². The van der Waals surface area contributed by atoms with E-state index in [1.54, 1.807) is 0 Å². The van der Waals surface area contributed by atoms with Crippen LogP contribution in [0.1, 0.15) is 11.5 Å². The SMILES string of the molecule is Cc1ccc(OCc2nn(CC(=O)N3CCN(c4ccccc4)CC3)c(=S)o2)cc1. The molecule has 0 unspecified atom stereocenters. The van der Waals surface area contributed by atoms with Crippen LogP contribution >= 0.6 is 12.2 Å². The van der Waals surface area contributed by atoms with Crippen LogP contribution in [0.25, 0.3) is 0 Å². The molecule has 0 saturated carbocycles. The molecule has 156 valence electrons. The minimum absolute atomic E-state index is 0.0156. The van der Waals surface area contributed by atoms with Gasteiger partial charge in [-0.15, -0.1) is 5.10 Å². The lowest BCUT2D eigenvalue weighted by atomic mass is 10.2. The van der Waals surface area contributed by atoms with Gasteiger partial charge in [-0.1, -0.05) is 35.9 Å². The molecule has 0 aliphatic carbocycles. The first-order valence-corrected chi connectivity index (χ1v) is 10.3. The van der Waals surface area contributed by atoms with Crippen LogP contribution in [0.15, 0.2) is 59.0 Å². The Morgan fingerprint density at radius 3 is 2.47 bits per heavy atom. The number of nitrogens with zero attached hydrogens (tertiary/aromatic N) is 4. The average molecular weight is 425 g/mol. The van der Waals surface area contributed by atoms with Gasteiger partial charge in [-0.05, 0) is 43.4 Å². The molecular weight excluding hydrogens is 400 g/mol. The van der Waals surface area contributed by atoms with Crippen molar-refractivity contribution in [3.8, 4) is 5.75 Å². The van der Waals surface area contributed by atoms with Crippen molar-refractivity contribution in [1.29, 1.82) is 0 Å². The van der Waals surface area contributed by atoms with Gasteiger partial charge in [0.25, 0.3) is 10.7 Å². The van der Waals surface area contributed by atoms with Crippen LogP contribution in [0.4, 0.5) is 5.69 Å². The maximum atomic E-state index is 12.7. The van der Waals surface area contributed by atoms with Crippen molar-refractivity contribution in [1.82, 2.24) is 14.7 Å². The number of para-hydroxylation sites is 1. The molecule has 1 aliphatic heterocycles. The molecule has 1 fully saturated rings. The molecule has 8 heteroatoms. The Kier molecular flexibility index (Phi) is 6.13. The van der Waals surface area contributed by atoms with Crippen LogP contribution in [0.2, 0.25) is 0 Å². The first-order chi connectivity index (χ1) is 14.6. The number of hydrogen-bond acceptors (Lipinski definition) is 6. The summed E-state index contributed by atoms with van der Waals surface area (Å²) in [7, 11) is 0. The zero-order chi connectivity index (χ0) is 20.9. The number of anilines is 1. The Hall–Kier alpha value is -3.13. The van der Waals surface area contributed by atoms with Gasteiger partial charge in [0.1, 0.15) is 12.3 Å². The third-order valence-corrected chi connectivity index (χ3v) is 5.36. The van der Waals surface area contributed by atoms with E-state index in [1.165, 1.54) is 10.4 Å². The highest BCUT2D eigenvalue weighted by atomic mass is 32.1. The van der Waals surface area contributed by atoms with Crippen molar-refractivity contribution < 1.29 is 13.9 Å². The average Bonchev–Trinajstić information content (AvgIpc) is 3.13. The minimum atomic E-state index is -0.0156. The van der Waals surface area contributed by atoms with Gasteiger partial charge < -0.3 is 19.0 Å². The second kappa shape index (κ2) is 9.13. The lowest BCUT2D eigenvalue weighted by molar-refractivity contribution is -0.132. The monoisotopic (exact) mass is 424 g/mol. The number of amides is 1. The molecule has 0 atom stereocenters. The second-order valence-electron chi connectivity index (χ2n) is 7.22. The summed E-state index contributed by atoms with van der Waals surface area (Å²) in [5.74, 6) is 1.06. The molecule has 0 spiro atoms. The predicted molar refractivity (Wildman–Crippen MR) is 116 cm³/mol. The summed E-state index contributed by atoms with van der Waals surface area (Å²) < 4.78 is 12.6. The van der Waals surface area contributed by atoms with Gasteiger partial charge in [-0.2, -0.15) is 0 Å². The van der Waals surface area contributed by atoms with Crippen LogP contribution in [0.3, 0.4) is 0 Å². The summed E-state index contributed by atoms with van der Waals surface area (Å²) in [5, 5.41) is 4.30. The summed E-state index contributed by atoms with van der Waals surface area (Å²) in [5.41, 5.74) is 2.34. The van der Waals surface area contributed by atoms with Crippen LogP contribution < -0.4 is 9.64 Å². The molecule has 1 aromatic heterocycles. The Balaban J connectivity index is 1.30. The van der Waals surface area contributed by atoms with Crippen molar-refractivity contribution >= 4 is 23.8 Å². The Bertz CT molecular complexity index is 1040. The van der Waals surface area contributed by atoms with Crippen molar-refractivity contribution in [3.05, 3.63) is 70.9 Å². The number of rotatable bonds is 6. The Labute approximate surface area is 180 Å². The van der Waals surface area contributed by atoms with E-state index in [-0.39, 0.29) is 23.9 Å². The summed E-state index contributed by atoms with van der Waals surface area (Å²) in [4.78, 5) is 17.0. The molecule has 3 aromatic rings. The lowest BCUT2D eigenvalue weighted by Gasteiger charge is -2.36. The molecule has 0 bridgehead atoms. The van der Waals surface area contributed by atoms with E-state index < -0.39 is 0 Å². The second-order valence-corrected chi connectivity index (χ2v) is 7.57. The van der Waals surface area contributed by atoms with Crippen molar-refractivity contribution in [2.45, 2.75) is 20.1 Å². The molecule has 1 saturated heterocycles. The van der Waals surface area contributed by atoms with Gasteiger partial charge >= 0.3 is 0 Å². The number of carbonyl (C=O) groups is 1. The van der Waals surface area contributed by atoms with Crippen LogP contribution in [-0.2, 0) is 17.9 Å². The first-order valence-electron chi connectivity index (χ1n) is 9.92. The van der Waals surface area contributed by atoms with Crippen LogP contribution in [-0.4, -0.2) is 46.8 Å². The fraction of sp³-hybridized carbons (Fsp3) is 0.318. The van der Waals surface area contributed by atoms with Gasteiger partial charge in [0.05, 0.1) is 0 Å². The van der Waals surface area contributed by atoms with Gasteiger partial charge in [-0.25, -0.2) is 4.68 Å². The highest BCUT2D eigenvalue weighted by molar-refractivity contribution is 7.71. The molecule has 1 aliphatic rings. The number of benzene rings is 2. The highest BCUT2D eigenvalue weighted by Crippen LogP contribution is 2.16. The van der Waals surface area contributed by atoms with E-state index in [0.717, 1.165) is 24.4 Å². The zero-order valence-electron chi connectivity index (χ0n) is 16.9.